The number of aromatic nitrogens is 2. The zero-order valence-electron chi connectivity index (χ0n) is 15.1. The van der Waals surface area contributed by atoms with E-state index in [9.17, 15) is 4.79 Å². The van der Waals surface area contributed by atoms with E-state index in [4.69, 9.17) is 9.84 Å². The molecule has 0 aliphatic heterocycles. The Labute approximate surface area is 157 Å². The first-order chi connectivity index (χ1) is 13.0. The highest BCUT2D eigenvalue weighted by Crippen LogP contribution is 2.19. The lowest BCUT2D eigenvalue weighted by Gasteiger charge is -2.11. The third-order valence-electron chi connectivity index (χ3n) is 3.85. The molecule has 3 N–H and O–H groups in total. The Bertz CT molecular complexity index is 942. The highest BCUT2D eigenvalue weighted by molar-refractivity contribution is 5.89. The molecule has 3 aromatic rings. The molecule has 0 amide bonds. The Balaban J connectivity index is 1.71. The number of nitrogens with zero attached hydrogens (tertiary/aromatic N) is 2. The maximum atomic E-state index is 11.1. The number of benzene rings is 2. The third kappa shape index (κ3) is 4.94. The minimum absolute atomic E-state index is 0.212. The van der Waals surface area contributed by atoms with E-state index >= 15 is 0 Å². The van der Waals surface area contributed by atoms with Gasteiger partial charge in [0.2, 0.25) is 0 Å². The Morgan fingerprint density at radius 2 is 1.81 bits per heavy atom. The van der Waals surface area contributed by atoms with Crippen LogP contribution in [0.1, 0.15) is 21.7 Å². The lowest BCUT2D eigenvalue weighted by molar-refractivity contribution is 0.0697. The molecular weight excluding hydrogens is 344 g/mol. The zero-order valence-corrected chi connectivity index (χ0v) is 15.1. The first kappa shape index (κ1) is 18.2. The third-order valence-corrected chi connectivity index (χ3v) is 3.85. The first-order valence-electron chi connectivity index (χ1n) is 8.36. The van der Waals surface area contributed by atoms with Crippen molar-refractivity contribution in [3.8, 4) is 5.75 Å². The minimum atomic E-state index is -0.973. The molecule has 0 fully saturated rings. The molecule has 3 rings (SSSR count). The Morgan fingerprint density at radius 1 is 1.07 bits per heavy atom. The van der Waals surface area contributed by atoms with E-state index in [2.05, 4.69) is 20.6 Å². The molecule has 0 saturated carbocycles. The van der Waals surface area contributed by atoms with Crippen molar-refractivity contribution < 1.29 is 14.6 Å². The molecule has 1 heterocycles. The van der Waals surface area contributed by atoms with Crippen molar-refractivity contribution in [2.24, 2.45) is 0 Å². The van der Waals surface area contributed by atoms with Gasteiger partial charge in [-0.3, -0.25) is 0 Å². The summed E-state index contributed by atoms with van der Waals surface area (Å²) < 4.78 is 5.16. The largest absolute Gasteiger partial charge is 0.497 e. The molecule has 0 unspecified atom stereocenters. The highest BCUT2D eigenvalue weighted by atomic mass is 16.5. The van der Waals surface area contributed by atoms with E-state index in [1.54, 1.807) is 44.4 Å². The molecule has 0 aliphatic carbocycles. The van der Waals surface area contributed by atoms with Gasteiger partial charge < -0.3 is 20.5 Å². The van der Waals surface area contributed by atoms with Crippen LogP contribution in [0.25, 0.3) is 0 Å². The van der Waals surface area contributed by atoms with Crippen LogP contribution in [-0.4, -0.2) is 28.2 Å². The first-order valence-corrected chi connectivity index (χ1v) is 8.36. The van der Waals surface area contributed by atoms with Gasteiger partial charge in [0, 0.05) is 18.3 Å². The standard InChI is InChI=1S/C20H20N4O3/c1-13-22-18(21-12-14-6-8-17(27-2)9-7-14)11-19(23-13)24-16-5-3-4-15(10-16)20(25)26/h3-11H,12H2,1-2H3,(H,25,26)(H2,21,22,23,24). The van der Waals surface area contributed by atoms with E-state index < -0.39 is 5.97 Å². The SMILES string of the molecule is COc1ccc(CNc2cc(Nc3cccc(C(=O)O)c3)nc(C)n2)cc1. The van der Waals surface area contributed by atoms with Crippen LogP contribution in [-0.2, 0) is 6.54 Å². The minimum Gasteiger partial charge on any atom is -0.497 e. The van der Waals surface area contributed by atoms with Gasteiger partial charge in [-0.05, 0) is 42.8 Å². The number of aryl methyl sites for hydroxylation is 1. The maximum absolute atomic E-state index is 11.1. The van der Waals surface area contributed by atoms with Crippen LogP contribution in [0.4, 0.5) is 17.3 Å². The molecule has 7 nitrogen and oxygen atoms in total. The summed E-state index contributed by atoms with van der Waals surface area (Å²) in [5, 5.41) is 15.5. The molecule has 0 bridgehead atoms. The molecular formula is C20H20N4O3. The van der Waals surface area contributed by atoms with Crippen molar-refractivity contribution in [2.45, 2.75) is 13.5 Å². The smallest absolute Gasteiger partial charge is 0.335 e. The molecule has 0 spiro atoms. The number of carbonyl (C=O) groups is 1. The normalized spacial score (nSPS) is 10.3. The van der Waals surface area contributed by atoms with Crippen LogP contribution < -0.4 is 15.4 Å². The van der Waals surface area contributed by atoms with Crippen molar-refractivity contribution in [3.63, 3.8) is 0 Å². The topological polar surface area (TPSA) is 96.4 Å². The second-order valence-corrected chi connectivity index (χ2v) is 5.90. The molecule has 27 heavy (non-hydrogen) atoms. The van der Waals surface area contributed by atoms with Gasteiger partial charge in [0.15, 0.2) is 0 Å². The number of hydrogen-bond acceptors (Lipinski definition) is 6. The predicted octanol–water partition coefficient (Wildman–Crippen LogP) is 3.85. The number of aromatic carboxylic acids is 1. The van der Waals surface area contributed by atoms with Crippen LogP contribution in [0.3, 0.4) is 0 Å². The van der Waals surface area contributed by atoms with Gasteiger partial charge in [0.05, 0.1) is 12.7 Å². The summed E-state index contributed by atoms with van der Waals surface area (Å²) in [7, 11) is 1.64. The molecule has 1 aromatic heterocycles. The second-order valence-electron chi connectivity index (χ2n) is 5.90. The van der Waals surface area contributed by atoms with Gasteiger partial charge in [0.25, 0.3) is 0 Å². The van der Waals surface area contributed by atoms with Gasteiger partial charge in [-0.15, -0.1) is 0 Å². The lowest BCUT2D eigenvalue weighted by Crippen LogP contribution is -2.05. The Morgan fingerprint density at radius 3 is 2.52 bits per heavy atom. The van der Waals surface area contributed by atoms with Crippen molar-refractivity contribution in [3.05, 3.63) is 71.5 Å². The summed E-state index contributed by atoms with van der Waals surface area (Å²) in [4.78, 5) is 19.8. The van der Waals surface area contributed by atoms with Crippen molar-refractivity contribution in [1.82, 2.24) is 9.97 Å². The van der Waals surface area contributed by atoms with E-state index in [-0.39, 0.29) is 5.56 Å². The molecule has 0 saturated heterocycles. The van der Waals surface area contributed by atoms with Crippen molar-refractivity contribution >= 4 is 23.3 Å². The molecule has 138 valence electrons. The van der Waals surface area contributed by atoms with Gasteiger partial charge in [0.1, 0.15) is 23.2 Å². The molecule has 0 atom stereocenters. The van der Waals surface area contributed by atoms with Crippen LogP contribution in [0, 0.1) is 6.92 Å². The average molecular weight is 364 g/mol. The zero-order chi connectivity index (χ0) is 19.2. The highest BCUT2D eigenvalue weighted by Gasteiger charge is 2.06. The molecule has 7 heteroatoms. The Kier molecular flexibility index (Phi) is 5.51. The fraction of sp³-hybridized carbons (Fsp3) is 0.150. The van der Waals surface area contributed by atoms with E-state index in [1.165, 1.54) is 0 Å². The molecule has 2 aromatic carbocycles. The van der Waals surface area contributed by atoms with Crippen LogP contribution in [0.15, 0.2) is 54.6 Å². The van der Waals surface area contributed by atoms with Crippen molar-refractivity contribution in [2.75, 3.05) is 17.7 Å². The number of nitrogens with one attached hydrogen (secondary N) is 2. The van der Waals surface area contributed by atoms with Crippen LogP contribution >= 0.6 is 0 Å². The summed E-state index contributed by atoms with van der Waals surface area (Å²) in [6.07, 6.45) is 0. The van der Waals surface area contributed by atoms with Crippen LogP contribution in [0.5, 0.6) is 5.75 Å². The van der Waals surface area contributed by atoms with Gasteiger partial charge >= 0.3 is 5.97 Å². The summed E-state index contributed by atoms with van der Waals surface area (Å²) in [5.74, 6) is 1.70. The quantitative estimate of drug-likeness (QED) is 0.586. The number of carboxylic acid groups (broad SMARTS) is 1. The number of carboxylic acids is 1. The monoisotopic (exact) mass is 364 g/mol. The van der Waals surface area contributed by atoms with Crippen LogP contribution in [0.2, 0.25) is 0 Å². The number of hydrogen-bond donors (Lipinski definition) is 3. The number of anilines is 3. The van der Waals surface area contributed by atoms with Gasteiger partial charge in [-0.25, -0.2) is 14.8 Å². The van der Waals surface area contributed by atoms with E-state index in [1.807, 2.05) is 24.3 Å². The summed E-state index contributed by atoms with van der Waals surface area (Å²) in [6.45, 7) is 2.41. The number of methoxy groups -OCH3 is 1. The van der Waals surface area contributed by atoms with E-state index in [0.717, 1.165) is 11.3 Å². The average Bonchev–Trinajstić information content (AvgIpc) is 2.66. The fourth-order valence-corrected chi connectivity index (χ4v) is 2.54. The number of rotatable bonds is 7. The molecule has 0 aliphatic rings. The molecule has 0 radical (unpaired) electrons. The number of ether oxygens (including phenoxy) is 1. The summed E-state index contributed by atoms with van der Waals surface area (Å²) >= 11 is 0. The Hall–Kier alpha value is -3.61. The summed E-state index contributed by atoms with van der Waals surface area (Å²) in [5.41, 5.74) is 1.95. The summed E-state index contributed by atoms with van der Waals surface area (Å²) in [6, 6.07) is 16.1. The predicted molar refractivity (Wildman–Crippen MR) is 104 cm³/mol. The second kappa shape index (κ2) is 8.18. The fourth-order valence-electron chi connectivity index (χ4n) is 2.54. The van der Waals surface area contributed by atoms with Crippen molar-refractivity contribution in [1.29, 1.82) is 0 Å². The van der Waals surface area contributed by atoms with Gasteiger partial charge in [-0.2, -0.15) is 0 Å². The van der Waals surface area contributed by atoms with Gasteiger partial charge in [-0.1, -0.05) is 18.2 Å². The van der Waals surface area contributed by atoms with E-state index in [0.29, 0.717) is 29.7 Å². The lowest BCUT2D eigenvalue weighted by atomic mass is 10.2. The maximum Gasteiger partial charge on any atom is 0.335 e.